The van der Waals surface area contributed by atoms with Crippen LogP contribution in [0.1, 0.15) is 12.0 Å². The molecule has 2 N–H and O–H groups in total. The average Bonchev–Trinajstić information content (AvgIpc) is 3.18. The number of benzene rings is 2. The Balaban J connectivity index is 1.54. The second-order valence-electron chi connectivity index (χ2n) is 5.84. The summed E-state index contributed by atoms with van der Waals surface area (Å²) < 4.78 is 0. The first-order chi connectivity index (χ1) is 12.2. The molecule has 0 unspecified atom stereocenters. The van der Waals surface area contributed by atoms with Gasteiger partial charge in [-0.1, -0.05) is 23.7 Å². The summed E-state index contributed by atoms with van der Waals surface area (Å²) in [6, 6.07) is 13.7. The Hall–Kier alpha value is -2.86. The van der Waals surface area contributed by atoms with Crippen LogP contribution in [0.15, 0.2) is 52.4 Å². The first kappa shape index (κ1) is 15.7. The standard InChI is InChI=1S/C18H16ClN5O/c19-17-16-10-13(5-6-15(16)18(25)23-22-17)20-11-12-3-1-4-14(9-12)24-8-2-7-21-24/h1,3-7,9-10,20H,2,8,11H2,(H,23,25). The molecule has 2 heterocycles. The summed E-state index contributed by atoms with van der Waals surface area (Å²) in [5.41, 5.74) is 2.87. The van der Waals surface area contributed by atoms with Gasteiger partial charge in [-0.3, -0.25) is 9.80 Å². The molecule has 0 fully saturated rings. The first-order valence-electron chi connectivity index (χ1n) is 8.01. The van der Waals surface area contributed by atoms with Crippen molar-refractivity contribution in [2.24, 2.45) is 5.10 Å². The van der Waals surface area contributed by atoms with Crippen molar-refractivity contribution in [3.63, 3.8) is 0 Å². The molecule has 1 aromatic heterocycles. The summed E-state index contributed by atoms with van der Waals surface area (Å²) in [4.78, 5) is 11.8. The van der Waals surface area contributed by atoms with E-state index in [4.69, 9.17) is 11.6 Å². The van der Waals surface area contributed by atoms with Gasteiger partial charge in [0.2, 0.25) is 0 Å². The van der Waals surface area contributed by atoms with Crippen molar-refractivity contribution in [3.05, 3.63) is 63.5 Å². The molecule has 4 rings (SSSR count). The minimum absolute atomic E-state index is 0.246. The van der Waals surface area contributed by atoms with Gasteiger partial charge in [0.25, 0.3) is 5.56 Å². The summed E-state index contributed by atoms with van der Waals surface area (Å²) in [5, 5.41) is 17.3. The van der Waals surface area contributed by atoms with E-state index >= 15 is 0 Å². The minimum Gasteiger partial charge on any atom is -0.381 e. The molecule has 6 nitrogen and oxygen atoms in total. The highest BCUT2D eigenvalue weighted by Gasteiger charge is 2.09. The molecule has 0 aliphatic carbocycles. The quantitative estimate of drug-likeness (QED) is 0.754. The molecular weight excluding hydrogens is 338 g/mol. The molecule has 1 aliphatic heterocycles. The molecule has 3 aromatic rings. The highest BCUT2D eigenvalue weighted by atomic mass is 35.5. The fraction of sp³-hybridized carbons (Fsp3) is 0.167. The van der Waals surface area contributed by atoms with E-state index in [9.17, 15) is 4.79 Å². The number of anilines is 2. The van der Waals surface area contributed by atoms with Gasteiger partial charge >= 0.3 is 0 Å². The Kier molecular flexibility index (Phi) is 4.11. The lowest BCUT2D eigenvalue weighted by Gasteiger charge is -2.15. The summed E-state index contributed by atoms with van der Waals surface area (Å²) >= 11 is 6.08. The van der Waals surface area contributed by atoms with Crippen LogP contribution in [0.2, 0.25) is 5.15 Å². The molecule has 7 heteroatoms. The van der Waals surface area contributed by atoms with Crippen molar-refractivity contribution in [3.8, 4) is 0 Å². The number of nitrogens with zero attached hydrogens (tertiary/aromatic N) is 3. The van der Waals surface area contributed by atoms with E-state index in [-0.39, 0.29) is 10.7 Å². The number of fused-ring (bicyclic) bond motifs is 1. The Morgan fingerprint density at radius 1 is 1.20 bits per heavy atom. The smallest absolute Gasteiger partial charge is 0.272 e. The number of aromatic nitrogens is 2. The van der Waals surface area contributed by atoms with Crippen LogP contribution in [0.4, 0.5) is 11.4 Å². The third kappa shape index (κ3) is 3.21. The Labute approximate surface area is 149 Å². The molecule has 1 aliphatic rings. The van der Waals surface area contributed by atoms with E-state index in [1.165, 1.54) is 0 Å². The van der Waals surface area contributed by atoms with Crippen LogP contribution in [0.5, 0.6) is 0 Å². The molecule has 0 atom stereocenters. The average molecular weight is 354 g/mol. The zero-order chi connectivity index (χ0) is 17.2. The van der Waals surface area contributed by atoms with Gasteiger partial charge < -0.3 is 5.32 Å². The van der Waals surface area contributed by atoms with E-state index in [2.05, 4.69) is 38.8 Å². The van der Waals surface area contributed by atoms with E-state index in [1.807, 2.05) is 29.4 Å². The minimum atomic E-state index is -0.246. The van der Waals surface area contributed by atoms with Crippen molar-refractivity contribution in [2.45, 2.75) is 13.0 Å². The van der Waals surface area contributed by atoms with Crippen molar-refractivity contribution in [2.75, 3.05) is 16.9 Å². The van der Waals surface area contributed by atoms with Crippen LogP contribution >= 0.6 is 11.6 Å². The van der Waals surface area contributed by atoms with Gasteiger partial charge in [0.05, 0.1) is 11.1 Å². The van der Waals surface area contributed by atoms with Crippen LogP contribution in [0.25, 0.3) is 10.8 Å². The molecule has 0 saturated carbocycles. The molecule has 0 spiro atoms. The van der Waals surface area contributed by atoms with E-state index in [0.717, 1.165) is 29.9 Å². The third-order valence-corrected chi connectivity index (χ3v) is 4.43. The van der Waals surface area contributed by atoms with Crippen molar-refractivity contribution >= 4 is 40.0 Å². The number of nitrogens with one attached hydrogen (secondary N) is 2. The van der Waals surface area contributed by atoms with Crippen LogP contribution in [0, 0.1) is 0 Å². The normalized spacial score (nSPS) is 13.6. The third-order valence-electron chi connectivity index (χ3n) is 4.14. The Morgan fingerprint density at radius 2 is 2.12 bits per heavy atom. The molecular formula is C18H16ClN5O. The summed E-state index contributed by atoms with van der Waals surface area (Å²) in [6.45, 7) is 1.58. The number of aromatic amines is 1. The maximum atomic E-state index is 11.8. The number of halogens is 1. The lowest BCUT2D eigenvalue weighted by Crippen LogP contribution is -2.12. The molecule has 25 heavy (non-hydrogen) atoms. The Morgan fingerprint density at radius 3 is 2.96 bits per heavy atom. The maximum Gasteiger partial charge on any atom is 0.272 e. The monoisotopic (exact) mass is 353 g/mol. The molecule has 0 saturated heterocycles. The van der Waals surface area contributed by atoms with Gasteiger partial charge in [0, 0.05) is 36.8 Å². The second-order valence-corrected chi connectivity index (χ2v) is 6.20. The number of hydrogen-bond donors (Lipinski definition) is 2. The van der Waals surface area contributed by atoms with Crippen LogP contribution in [0.3, 0.4) is 0 Å². The highest BCUT2D eigenvalue weighted by Crippen LogP contribution is 2.23. The number of hydrogen-bond acceptors (Lipinski definition) is 5. The molecule has 0 amide bonds. The Bertz CT molecular complexity index is 1010. The second kappa shape index (κ2) is 6.57. The SMILES string of the molecule is O=c1[nH]nc(Cl)c2cc(NCc3cccc(N4CCC=N4)c3)ccc12. The lowest BCUT2D eigenvalue weighted by molar-refractivity contribution is 0.919. The van der Waals surface area contributed by atoms with Gasteiger partial charge in [-0.25, -0.2) is 5.10 Å². The van der Waals surface area contributed by atoms with Crippen LogP contribution in [-0.2, 0) is 6.54 Å². The summed E-state index contributed by atoms with van der Waals surface area (Å²) in [5.74, 6) is 0. The number of rotatable bonds is 4. The number of H-pyrrole nitrogens is 1. The predicted molar refractivity (Wildman–Crippen MR) is 102 cm³/mol. The maximum absolute atomic E-state index is 11.8. The fourth-order valence-corrected chi connectivity index (χ4v) is 3.06. The largest absolute Gasteiger partial charge is 0.381 e. The van der Waals surface area contributed by atoms with Gasteiger partial charge in [0.1, 0.15) is 0 Å². The molecule has 0 bridgehead atoms. The van der Waals surface area contributed by atoms with E-state index in [1.54, 1.807) is 6.07 Å². The lowest BCUT2D eigenvalue weighted by atomic mass is 10.1. The highest BCUT2D eigenvalue weighted by molar-refractivity contribution is 6.34. The van der Waals surface area contributed by atoms with Crippen LogP contribution < -0.4 is 15.9 Å². The molecule has 126 valence electrons. The van der Waals surface area contributed by atoms with E-state index in [0.29, 0.717) is 17.3 Å². The van der Waals surface area contributed by atoms with Gasteiger partial charge in [0.15, 0.2) is 5.15 Å². The first-order valence-corrected chi connectivity index (χ1v) is 8.39. The van der Waals surface area contributed by atoms with Crippen molar-refractivity contribution in [1.29, 1.82) is 0 Å². The molecule has 0 radical (unpaired) electrons. The van der Waals surface area contributed by atoms with Gasteiger partial charge in [-0.15, -0.1) is 0 Å². The van der Waals surface area contributed by atoms with Crippen molar-refractivity contribution in [1.82, 2.24) is 10.2 Å². The summed E-state index contributed by atoms with van der Waals surface area (Å²) in [7, 11) is 0. The van der Waals surface area contributed by atoms with Gasteiger partial charge in [-0.2, -0.15) is 10.2 Å². The van der Waals surface area contributed by atoms with E-state index < -0.39 is 0 Å². The summed E-state index contributed by atoms with van der Waals surface area (Å²) in [6.07, 6.45) is 2.91. The zero-order valence-corrected chi connectivity index (χ0v) is 14.1. The topological polar surface area (TPSA) is 73.4 Å². The predicted octanol–water partition coefficient (Wildman–Crippen LogP) is 3.38. The van der Waals surface area contributed by atoms with Crippen molar-refractivity contribution < 1.29 is 0 Å². The number of hydrazone groups is 1. The zero-order valence-electron chi connectivity index (χ0n) is 13.4. The van der Waals surface area contributed by atoms with Gasteiger partial charge in [-0.05, 0) is 35.9 Å². The molecule has 2 aromatic carbocycles. The van der Waals surface area contributed by atoms with Crippen LogP contribution in [-0.4, -0.2) is 23.0 Å². The fourth-order valence-electron chi connectivity index (χ4n) is 2.86.